The van der Waals surface area contributed by atoms with Gasteiger partial charge < -0.3 is 15.7 Å². The zero-order valence-electron chi connectivity index (χ0n) is 6.54. The summed E-state index contributed by atoms with van der Waals surface area (Å²) in [6, 6.07) is 0. The van der Waals surface area contributed by atoms with Crippen molar-refractivity contribution in [2.24, 2.45) is 0 Å². The lowest BCUT2D eigenvalue weighted by molar-refractivity contribution is -0.137. The van der Waals surface area contributed by atoms with Crippen molar-refractivity contribution in [2.45, 2.75) is 12.0 Å². The number of nitrogens with one attached hydrogen (secondary N) is 2. The number of carbonyl (C=O) groups excluding carboxylic acids is 1. The molecule has 0 aliphatic carbocycles. The van der Waals surface area contributed by atoms with E-state index in [0.717, 1.165) is 0 Å². The maximum Gasteiger partial charge on any atom is 0.254 e. The lowest BCUT2D eigenvalue weighted by Gasteiger charge is -2.19. The first-order valence-corrected chi connectivity index (χ1v) is 5.70. The van der Waals surface area contributed by atoms with Gasteiger partial charge in [0.15, 0.2) is 5.60 Å². The van der Waals surface area contributed by atoms with E-state index in [4.69, 9.17) is 0 Å². The molecule has 70 valence electrons. The van der Waals surface area contributed by atoms with Crippen LogP contribution in [-0.2, 0) is 4.79 Å². The van der Waals surface area contributed by atoms with Gasteiger partial charge in [-0.2, -0.15) is 0 Å². The molecule has 0 spiro atoms. The van der Waals surface area contributed by atoms with E-state index >= 15 is 0 Å². The summed E-state index contributed by atoms with van der Waals surface area (Å²) in [5.41, 5.74) is -1.20. The van der Waals surface area contributed by atoms with Gasteiger partial charge in [0.25, 0.3) is 5.91 Å². The minimum Gasteiger partial charge on any atom is -0.379 e. The third-order valence-electron chi connectivity index (χ3n) is 1.85. The maximum absolute atomic E-state index is 11.3. The number of hydrogen-bond acceptors (Lipinski definition) is 5. The van der Waals surface area contributed by atoms with Crippen LogP contribution < -0.4 is 10.6 Å². The van der Waals surface area contributed by atoms with Crippen molar-refractivity contribution in [1.82, 2.24) is 10.6 Å². The Bertz CT molecular complexity index is 171. The average Bonchev–Trinajstić information content (AvgIpc) is 2.49. The quantitative estimate of drug-likeness (QED) is 0.283. The molecule has 1 aliphatic rings. The van der Waals surface area contributed by atoms with Gasteiger partial charge in [-0.05, 0) is 13.0 Å². The highest BCUT2D eigenvalue weighted by Crippen LogP contribution is 2.14. The fraction of sp³-hybridized carbons (Fsp3) is 0.833. The van der Waals surface area contributed by atoms with Gasteiger partial charge in [-0.25, -0.2) is 0 Å². The van der Waals surface area contributed by atoms with Crippen molar-refractivity contribution in [2.75, 3.05) is 19.0 Å². The molecule has 1 saturated heterocycles. The van der Waals surface area contributed by atoms with Crippen LogP contribution in [0.4, 0.5) is 0 Å². The molecule has 0 aromatic rings. The summed E-state index contributed by atoms with van der Waals surface area (Å²) in [5, 5.41) is 15.2. The summed E-state index contributed by atoms with van der Waals surface area (Å²) in [6.45, 7) is 1.04. The Morgan fingerprint density at radius 3 is 3.08 bits per heavy atom. The standard InChI is InChI=1S/C6H12N2O2S2/c9-5(8-4-12-11)6(10)1-2-7-3-6/h7,10-11H,1-4H2,(H,8,9)/t6-/m0/s1. The first-order valence-electron chi connectivity index (χ1n) is 3.67. The number of thiol groups is 1. The Labute approximate surface area is 80.3 Å². The Balaban J connectivity index is 2.39. The second kappa shape index (κ2) is 4.36. The summed E-state index contributed by atoms with van der Waals surface area (Å²) >= 11 is 3.87. The summed E-state index contributed by atoms with van der Waals surface area (Å²) in [7, 11) is 1.22. The van der Waals surface area contributed by atoms with Crippen LogP contribution in [0, 0.1) is 0 Å². The molecule has 0 saturated carbocycles. The van der Waals surface area contributed by atoms with Crippen molar-refractivity contribution in [3.8, 4) is 0 Å². The van der Waals surface area contributed by atoms with Crippen LogP contribution >= 0.6 is 22.5 Å². The fourth-order valence-electron chi connectivity index (χ4n) is 1.13. The molecule has 12 heavy (non-hydrogen) atoms. The minimum absolute atomic E-state index is 0.311. The Kier molecular flexibility index (Phi) is 3.70. The molecule has 1 rings (SSSR count). The van der Waals surface area contributed by atoms with E-state index in [2.05, 4.69) is 22.3 Å². The first-order chi connectivity index (χ1) is 5.69. The van der Waals surface area contributed by atoms with Gasteiger partial charge in [-0.15, -0.1) is 11.7 Å². The van der Waals surface area contributed by atoms with E-state index in [0.29, 0.717) is 25.4 Å². The van der Waals surface area contributed by atoms with Crippen LogP contribution in [0.5, 0.6) is 0 Å². The monoisotopic (exact) mass is 208 g/mol. The van der Waals surface area contributed by atoms with E-state index in [1.54, 1.807) is 0 Å². The topological polar surface area (TPSA) is 61.4 Å². The number of hydrogen-bond donors (Lipinski definition) is 4. The molecule has 1 fully saturated rings. The summed E-state index contributed by atoms with van der Waals surface area (Å²) in [4.78, 5) is 11.3. The van der Waals surface area contributed by atoms with E-state index in [-0.39, 0.29) is 5.91 Å². The number of carbonyl (C=O) groups is 1. The van der Waals surface area contributed by atoms with E-state index in [1.807, 2.05) is 0 Å². The third-order valence-corrected chi connectivity index (χ3v) is 2.51. The van der Waals surface area contributed by atoms with Crippen molar-refractivity contribution < 1.29 is 9.90 Å². The maximum atomic E-state index is 11.3. The number of β-amino-alcohol motifs (C(OH)–C–C–N with tert-alkyl or cyclic N) is 1. The van der Waals surface area contributed by atoms with Crippen LogP contribution in [0.2, 0.25) is 0 Å². The van der Waals surface area contributed by atoms with Gasteiger partial charge in [-0.1, -0.05) is 10.8 Å². The molecule has 4 nitrogen and oxygen atoms in total. The van der Waals surface area contributed by atoms with Gasteiger partial charge in [0, 0.05) is 6.54 Å². The highest BCUT2D eigenvalue weighted by Gasteiger charge is 2.38. The molecule has 1 amide bonds. The molecule has 0 unspecified atom stereocenters. The molecular formula is C6H12N2O2S2. The molecule has 1 heterocycles. The van der Waals surface area contributed by atoms with Crippen LogP contribution in [-0.4, -0.2) is 35.6 Å². The minimum atomic E-state index is -1.20. The third kappa shape index (κ3) is 2.29. The van der Waals surface area contributed by atoms with Gasteiger partial charge in [0.2, 0.25) is 0 Å². The van der Waals surface area contributed by atoms with Gasteiger partial charge in [0.1, 0.15) is 0 Å². The average molecular weight is 208 g/mol. The SMILES string of the molecule is O=C(NCSS)[C@]1(O)CCNC1. The molecular weight excluding hydrogens is 196 g/mol. The molecule has 3 N–H and O–H groups in total. The van der Waals surface area contributed by atoms with E-state index in [1.165, 1.54) is 10.8 Å². The predicted octanol–water partition coefficient (Wildman–Crippen LogP) is -0.638. The predicted molar refractivity (Wildman–Crippen MR) is 52.0 cm³/mol. The van der Waals surface area contributed by atoms with Crippen LogP contribution in [0.25, 0.3) is 0 Å². The van der Waals surface area contributed by atoms with Gasteiger partial charge in [-0.3, -0.25) is 4.79 Å². The second-order valence-electron chi connectivity index (χ2n) is 2.74. The molecule has 1 aliphatic heterocycles. The number of aliphatic hydroxyl groups is 1. The van der Waals surface area contributed by atoms with Gasteiger partial charge in [0.05, 0.1) is 5.88 Å². The number of amides is 1. The highest BCUT2D eigenvalue weighted by molar-refractivity contribution is 8.68. The Morgan fingerprint density at radius 2 is 2.58 bits per heavy atom. The van der Waals surface area contributed by atoms with Crippen molar-refractivity contribution in [1.29, 1.82) is 0 Å². The van der Waals surface area contributed by atoms with Crippen LogP contribution in [0.3, 0.4) is 0 Å². The van der Waals surface area contributed by atoms with E-state index < -0.39 is 5.60 Å². The molecule has 0 aromatic carbocycles. The Hall–Kier alpha value is 0.0900. The summed E-state index contributed by atoms with van der Waals surface area (Å²) in [5.74, 6) is 0.110. The normalized spacial score (nSPS) is 28.8. The summed E-state index contributed by atoms with van der Waals surface area (Å²) in [6.07, 6.45) is 0.482. The molecule has 0 aromatic heterocycles. The molecule has 1 atom stereocenters. The Morgan fingerprint density at radius 1 is 1.83 bits per heavy atom. The van der Waals surface area contributed by atoms with Gasteiger partial charge >= 0.3 is 0 Å². The smallest absolute Gasteiger partial charge is 0.254 e. The highest BCUT2D eigenvalue weighted by atomic mass is 33.1. The van der Waals surface area contributed by atoms with E-state index in [9.17, 15) is 9.90 Å². The molecule has 6 heteroatoms. The zero-order chi connectivity index (χ0) is 9.03. The fourth-order valence-corrected chi connectivity index (χ4v) is 1.52. The van der Waals surface area contributed by atoms with Crippen molar-refractivity contribution >= 4 is 28.4 Å². The van der Waals surface area contributed by atoms with Crippen LogP contribution in [0.15, 0.2) is 0 Å². The lowest BCUT2D eigenvalue weighted by Crippen LogP contribution is -2.48. The summed E-state index contributed by atoms with van der Waals surface area (Å²) < 4.78 is 0. The molecule has 0 bridgehead atoms. The first kappa shape index (κ1) is 10.2. The van der Waals surface area contributed by atoms with Crippen molar-refractivity contribution in [3.63, 3.8) is 0 Å². The zero-order valence-corrected chi connectivity index (χ0v) is 8.25. The number of rotatable bonds is 3. The van der Waals surface area contributed by atoms with Crippen LogP contribution in [0.1, 0.15) is 6.42 Å². The lowest BCUT2D eigenvalue weighted by atomic mass is 10.0. The second-order valence-corrected chi connectivity index (χ2v) is 4.06. The van der Waals surface area contributed by atoms with Crippen molar-refractivity contribution in [3.05, 3.63) is 0 Å². The molecule has 0 radical (unpaired) electrons. The largest absolute Gasteiger partial charge is 0.379 e.